The third kappa shape index (κ3) is 6.07. The van der Waals surface area contributed by atoms with Crippen LogP contribution in [0.15, 0.2) is 53.2 Å². The molecule has 262 valence electrons. The first kappa shape index (κ1) is 32.6. The van der Waals surface area contributed by atoms with E-state index >= 15 is 0 Å². The van der Waals surface area contributed by atoms with Gasteiger partial charge >= 0.3 is 12.8 Å². The minimum absolute atomic E-state index is 0.112. The largest absolute Gasteiger partial charge is 0.434 e. The highest BCUT2D eigenvalue weighted by molar-refractivity contribution is 7.91. The topological polar surface area (TPSA) is 128 Å². The number of amides is 1. The van der Waals surface area contributed by atoms with Crippen LogP contribution in [0.4, 0.5) is 27.6 Å². The average molecular weight is 716 g/mol. The van der Waals surface area contributed by atoms with Crippen LogP contribution in [0.3, 0.4) is 0 Å². The maximum Gasteiger partial charge on any atom is 0.434 e. The summed E-state index contributed by atoms with van der Waals surface area (Å²) >= 11 is 0. The van der Waals surface area contributed by atoms with Gasteiger partial charge in [0.15, 0.2) is 5.69 Å². The number of rotatable bonds is 9. The Labute approximate surface area is 282 Å². The number of benzene rings is 1. The van der Waals surface area contributed by atoms with Gasteiger partial charge in [-0.25, -0.2) is 18.1 Å². The normalized spacial score (nSPS) is 19.1. The molecule has 0 atom stereocenters. The molecule has 1 N–H and O–H groups in total. The Hall–Kier alpha value is -4.60. The van der Waals surface area contributed by atoms with Crippen LogP contribution >= 0.6 is 0 Å². The molecule has 16 heteroatoms. The molecule has 8 rings (SSSR count). The van der Waals surface area contributed by atoms with Crippen molar-refractivity contribution in [3.63, 3.8) is 0 Å². The molecule has 1 spiro atoms. The summed E-state index contributed by atoms with van der Waals surface area (Å²) in [6, 6.07) is 8.81. The lowest BCUT2D eigenvalue weighted by molar-refractivity contribution is -0.140. The van der Waals surface area contributed by atoms with Gasteiger partial charge in [0.1, 0.15) is 22.9 Å². The molecule has 3 aliphatic carbocycles. The summed E-state index contributed by atoms with van der Waals surface area (Å²) in [5.41, 5.74) is 0.939. The van der Waals surface area contributed by atoms with Crippen molar-refractivity contribution in [2.75, 3.05) is 18.0 Å². The summed E-state index contributed by atoms with van der Waals surface area (Å²) in [6.45, 7) is -1.98. The molecule has 0 bridgehead atoms. The Morgan fingerprint density at radius 1 is 1.08 bits per heavy atom. The van der Waals surface area contributed by atoms with Crippen LogP contribution in [0.5, 0.6) is 5.75 Å². The number of allylic oxidation sites excluding steroid dienone is 2. The molecule has 3 aromatic heterocycles. The van der Waals surface area contributed by atoms with E-state index in [1.165, 1.54) is 12.1 Å². The average Bonchev–Trinajstić information content (AvgIpc) is 4.00. The molecule has 1 aliphatic heterocycles. The summed E-state index contributed by atoms with van der Waals surface area (Å²) in [7, 11) is -3.88. The summed E-state index contributed by atoms with van der Waals surface area (Å²) in [6.07, 6.45) is 3.35. The summed E-state index contributed by atoms with van der Waals surface area (Å²) in [5.74, 6) is -0.592. The third-order valence-electron chi connectivity index (χ3n) is 9.87. The highest BCUT2D eigenvalue weighted by Crippen LogP contribution is 2.56. The van der Waals surface area contributed by atoms with Gasteiger partial charge in [0.2, 0.25) is 10.0 Å². The zero-order chi connectivity index (χ0) is 35.0. The number of pyridine rings is 2. The number of alkyl halides is 5. The van der Waals surface area contributed by atoms with Gasteiger partial charge in [0.05, 0.1) is 10.8 Å². The van der Waals surface area contributed by atoms with E-state index in [2.05, 4.69) is 26.1 Å². The maximum absolute atomic E-state index is 13.9. The van der Waals surface area contributed by atoms with E-state index in [1.807, 2.05) is 4.72 Å². The van der Waals surface area contributed by atoms with Gasteiger partial charge in [0, 0.05) is 53.5 Å². The molecule has 4 aliphatic rings. The summed E-state index contributed by atoms with van der Waals surface area (Å²) < 4.78 is 105. The second kappa shape index (κ2) is 11.7. The van der Waals surface area contributed by atoms with Gasteiger partial charge in [-0.1, -0.05) is 11.2 Å². The monoisotopic (exact) mass is 715 g/mol. The minimum Gasteiger partial charge on any atom is -0.434 e. The predicted octanol–water partition coefficient (Wildman–Crippen LogP) is 7.08. The molecule has 1 aromatic carbocycles. The molecule has 4 heterocycles. The second-order valence-electron chi connectivity index (χ2n) is 13.4. The van der Waals surface area contributed by atoms with E-state index in [9.17, 15) is 35.2 Å². The van der Waals surface area contributed by atoms with E-state index in [4.69, 9.17) is 9.26 Å². The fraction of sp³-hybridized carbons (Fsp3) is 0.412. The van der Waals surface area contributed by atoms with E-state index in [1.54, 1.807) is 18.2 Å². The number of halogens is 5. The molecular weight excluding hydrogens is 685 g/mol. The van der Waals surface area contributed by atoms with E-state index in [-0.39, 0.29) is 44.9 Å². The highest BCUT2D eigenvalue weighted by atomic mass is 32.2. The van der Waals surface area contributed by atoms with Crippen LogP contribution in [0.25, 0.3) is 27.7 Å². The summed E-state index contributed by atoms with van der Waals surface area (Å²) in [4.78, 5) is 22.7. The first-order chi connectivity index (χ1) is 23.8. The molecule has 1 saturated heterocycles. The lowest BCUT2D eigenvalue weighted by Crippen LogP contribution is -2.42. The zero-order valence-electron chi connectivity index (χ0n) is 26.3. The smallest absolute Gasteiger partial charge is 0.434 e. The number of ether oxygens (including phenoxy) is 1. The number of aromatic nitrogens is 3. The van der Waals surface area contributed by atoms with Crippen LogP contribution in [0.1, 0.15) is 78.4 Å². The molecular formula is C34H30F5N5O5S. The van der Waals surface area contributed by atoms with Crippen molar-refractivity contribution in [3.05, 3.63) is 71.4 Å². The number of carbonyl (C=O) groups excluding carboxylic acids is 1. The van der Waals surface area contributed by atoms with Crippen molar-refractivity contribution < 1.29 is 44.4 Å². The van der Waals surface area contributed by atoms with Crippen LogP contribution in [0, 0.1) is 5.41 Å². The van der Waals surface area contributed by atoms with Crippen LogP contribution in [-0.2, 0) is 16.2 Å². The predicted molar refractivity (Wildman–Crippen MR) is 171 cm³/mol. The van der Waals surface area contributed by atoms with Crippen molar-refractivity contribution in [1.82, 2.24) is 19.8 Å². The highest BCUT2D eigenvalue weighted by Gasteiger charge is 2.45. The molecule has 4 aromatic rings. The fourth-order valence-corrected chi connectivity index (χ4v) is 8.27. The second-order valence-corrected chi connectivity index (χ2v) is 15.4. The lowest BCUT2D eigenvalue weighted by atomic mass is 9.63. The minimum atomic E-state index is -4.66. The van der Waals surface area contributed by atoms with Crippen LogP contribution in [-0.4, -0.2) is 54.4 Å². The van der Waals surface area contributed by atoms with Crippen molar-refractivity contribution in [2.45, 2.75) is 68.9 Å². The number of carbonyl (C=O) groups is 1. The van der Waals surface area contributed by atoms with Crippen molar-refractivity contribution in [1.29, 1.82) is 0 Å². The summed E-state index contributed by atoms with van der Waals surface area (Å²) in [5, 5.41) is 3.70. The number of piperidine rings is 1. The molecule has 0 radical (unpaired) electrons. The Morgan fingerprint density at radius 2 is 1.82 bits per heavy atom. The van der Waals surface area contributed by atoms with Gasteiger partial charge in [-0.2, -0.15) is 22.0 Å². The molecule has 1 amide bonds. The number of fused-ring (bicyclic) bond motifs is 1. The number of nitrogens with one attached hydrogen (secondary N) is 1. The molecule has 2 saturated carbocycles. The van der Waals surface area contributed by atoms with Gasteiger partial charge in [-0.05, 0) is 86.3 Å². The third-order valence-corrected chi connectivity index (χ3v) is 11.7. The Balaban J connectivity index is 1.03. The Morgan fingerprint density at radius 3 is 2.48 bits per heavy atom. The number of sulfonamides is 1. The molecule has 10 nitrogen and oxygen atoms in total. The first-order valence-corrected chi connectivity index (χ1v) is 17.8. The van der Waals surface area contributed by atoms with E-state index in [0.717, 1.165) is 49.2 Å². The lowest BCUT2D eigenvalue weighted by Gasteiger charge is -2.47. The first-order valence-electron chi connectivity index (χ1n) is 16.2. The van der Waals surface area contributed by atoms with Crippen molar-refractivity contribution >= 4 is 38.1 Å². The zero-order valence-corrected chi connectivity index (χ0v) is 27.2. The molecule has 50 heavy (non-hydrogen) atoms. The van der Waals surface area contributed by atoms with Crippen molar-refractivity contribution in [2.24, 2.45) is 5.41 Å². The molecule has 3 fully saturated rings. The van der Waals surface area contributed by atoms with Crippen LogP contribution in [0.2, 0.25) is 0 Å². The molecule has 0 unspecified atom stereocenters. The van der Waals surface area contributed by atoms with Crippen molar-refractivity contribution in [3.8, 4) is 17.0 Å². The number of nitrogens with zero attached hydrogens (tertiary/aromatic N) is 4. The number of hydrogen-bond donors (Lipinski definition) is 1. The van der Waals surface area contributed by atoms with Gasteiger partial charge in [0.25, 0.3) is 5.91 Å². The SMILES string of the molecule is O=C(NS(=O)(=O)C1CC1)c1cc(OC(F)F)c2cc(N3CCC4(C=C(c5c(-c6cccnc6C(F)(F)F)noc5C5CC5)C4)CC3)ccc2n1. The van der Waals surface area contributed by atoms with Gasteiger partial charge < -0.3 is 14.2 Å². The Bertz CT molecular complexity index is 2150. The van der Waals surface area contributed by atoms with Gasteiger partial charge in [-0.15, -0.1) is 0 Å². The quantitative estimate of drug-likeness (QED) is 0.181. The van der Waals surface area contributed by atoms with Crippen LogP contribution < -0.4 is 14.4 Å². The maximum atomic E-state index is 13.9. The van der Waals surface area contributed by atoms with Gasteiger partial charge in [-0.3, -0.25) is 9.78 Å². The Kier molecular flexibility index (Phi) is 7.65. The van der Waals surface area contributed by atoms with E-state index in [0.29, 0.717) is 43.7 Å². The standard InChI is InChI=1S/C34H30F5N5O5S/c35-32(36)48-26-15-25(31(45)43-50(46,47)21-6-7-21)41-24-8-5-20(14-23(24)26)44-12-9-33(10-13-44)16-19(17-33)27-28(42-49-29(27)18-3-4-18)22-2-1-11-40-30(22)34(37,38)39/h1-2,5,8,11,14-16,18,21,32H,3-4,6-7,9-10,12-13,17H2,(H,43,45). The number of anilines is 1. The van der Waals surface area contributed by atoms with E-state index < -0.39 is 39.7 Å². The number of hydrogen-bond acceptors (Lipinski definition) is 9. The fourth-order valence-electron chi connectivity index (χ4n) is 6.99.